The van der Waals surface area contributed by atoms with Crippen LogP contribution in [0.5, 0.6) is 0 Å². The number of halogens is 1. The Morgan fingerprint density at radius 1 is 0.527 bits per heavy atom. The molecule has 0 fully saturated rings. The number of hydrogen-bond acceptors (Lipinski definition) is 6. The van der Waals surface area contributed by atoms with Crippen molar-refractivity contribution < 1.29 is 0 Å². The van der Waals surface area contributed by atoms with Crippen LogP contribution in [0.1, 0.15) is 12.8 Å². The molecule has 8 rings (SSSR count). The third-order valence-electron chi connectivity index (χ3n) is 9.38. The predicted octanol–water partition coefficient (Wildman–Crippen LogP) is 11.0. The van der Waals surface area contributed by atoms with Crippen LogP contribution in [0, 0.1) is 0 Å². The van der Waals surface area contributed by atoms with Gasteiger partial charge in [-0.1, -0.05) is 121 Å². The van der Waals surface area contributed by atoms with Crippen LogP contribution >= 0.6 is 11.6 Å². The van der Waals surface area contributed by atoms with E-state index in [1.54, 1.807) is 0 Å². The summed E-state index contributed by atoms with van der Waals surface area (Å²) >= 11 is 6.39. The Labute approximate surface area is 330 Å². The van der Waals surface area contributed by atoms with Crippen molar-refractivity contribution in [2.75, 3.05) is 59.7 Å². The van der Waals surface area contributed by atoms with E-state index in [0.717, 1.165) is 88.7 Å². The first-order valence-corrected chi connectivity index (χ1v) is 19.3. The Balaban J connectivity index is 0.000000163. The predicted molar refractivity (Wildman–Crippen MR) is 238 cm³/mol. The van der Waals surface area contributed by atoms with Crippen LogP contribution < -0.4 is 11.1 Å². The summed E-state index contributed by atoms with van der Waals surface area (Å²) in [5.41, 5.74) is 12.5. The maximum Gasteiger partial charge on any atom is 0.0730 e. The van der Waals surface area contributed by atoms with Gasteiger partial charge in [0.1, 0.15) is 0 Å². The number of nitrogens with one attached hydrogen (secondary N) is 1. The summed E-state index contributed by atoms with van der Waals surface area (Å²) in [5, 5.41) is 11.5. The highest BCUT2D eigenvalue weighted by Gasteiger charge is 2.09. The van der Waals surface area contributed by atoms with Crippen molar-refractivity contribution in [1.29, 1.82) is 0 Å². The Hall–Kier alpha value is -5.37. The van der Waals surface area contributed by atoms with Crippen LogP contribution in [0.4, 0.5) is 5.69 Å². The van der Waals surface area contributed by atoms with Gasteiger partial charge in [0, 0.05) is 34.1 Å². The lowest BCUT2D eigenvalue weighted by Gasteiger charge is -2.14. The van der Waals surface area contributed by atoms with E-state index in [2.05, 4.69) is 146 Å². The quantitative estimate of drug-likeness (QED) is 0.136. The molecule has 0 aliphatic rings. The molecule has 0 spiro atoms. The molecule has 0 radical (unpaired) electrons. The highest BCUT2D eigenvalue weighted by Crippen LogP contribution is 2.31. The molecule has 0 saturated carbocycles. The topological polar surface area (TPSA) is 70.3 Å². The molecule has 2 heterocycles. The summed E-state index contributed by atoms with van der Waals surface area (Å²) in [5.74, 6) is 0. The fourth-order valence-electron chi connectivity index (χ4n) is 6.47. The van der Waals surface area contributed by atoms with Gasteiger partial charge >= 0.3 is 0 Å². The number of pyridine rings is 2. The number of para-hydroxylation sites is 2. The largest absolute Gasteiger partial charge is 0.384 e. The smallest absolute Gasteiger partial charge is 0.0730 e. The molecule has 6 nitrogen and oxygen atoms in total. The van der Waals surface area contributed by atoms with Crippen LogP contribution in [0.25, 0.3) is 65.9 Å². The molecule has 280 valence electrons. The number of anilines is 1. The number of rotatable bonds is 10. The van der Waals surface area contributed by atoms with Crippen molar-refractivity contribution in [3.05, 3.63) is 151 Å². The van der Waals surface area contributed by atoms with Crippen molar-refractivity contribution in [1.82, 2.24) is 19.8 Å². The molecule has 3 N–H and O–H groups in total. The number of nitrogens with two attached hydrogens (primary N) is 1. The van der Waals surface area contributed by atoms with E-state index < -0.39 is 0 Å². The SMILES string of the molecule is CN(C)CCCN.CN(C)CCCNc1cc(-c2ccc3ccccc3c2)nc2ccccc12.Clc1cc(-c2ccc3ccccc3c2)nc2ccccc12. The van der Waals surface area contributed by atoms with Gasteiger partial charge in [-0.2, -0.15) is 0 Å². The van der Waals surface area contributed by atoms with Crippen molar-refractivity contribution in [2.24, 2.45) is 5.73 Å². The summed E-state index contributed by atoms with van der Waals surface area (Å²) in [4.78, 5) is 14.0. The van der Waals surface area contributed by atoms with Crippen molar-refractivity contribution in [2.45, 2.75) is 12.8 Å². The average molecular weight is 747 g/mol. The maximum atomic E-state index is 6.39. The van der Waals surface area contributed by atoms with Crippen LogP contribution in [-0.2, 0) is 0 Å². The first-order valence-electron chi connectivity index (χ1n) is 19.0. The first-order chi connectivity index (χ1) is 26.8. The summed E-state index contributed by atoms with van der Waals surface area (Å²) in [7, 11) is 8.32. The zero-order chi connectivity index (χ0) is 38.6. The minimum Gasteiger partial charge on any atom is -0.384 e. The van der Waals surface area contributed by atoms with E-state index in [-0.39, 0.29) is 0 Å². The van der Waals surface area contributed by atoms with Crippen LogP contribution in [0.3, 0.4) is 0 Å². The molecule has 0 unspecified atom stereocenters. The standard InChI is InChI=1S/C24H25N3.C19H12ClN.C5H14N2/c1-27(2)15-7-14-25-24-17-23(26-22-11-6-5-10-21(22)24)20-13-12-18-8-3-4-9-19(18)16-20;20-17-12-19(21-18-8-4-3-7-16(17)18)15-10-9-13-5-1-2-6-14(13)11-15;1-7(2)5-3-4-6/h3-6,8-13,16-17H,7,14-15H2,1-2H3,(H,25,26);1-12H;3-6H2,1-2H3. The molecule has 0 atom stereocenters. The van der Waals surface area contributed by atoms with Gasteiger partial charge < -0.3 is 20.9 Å². The van der Waals surface area contributed by atoms with Crippen LogP contribution in [0.2, 0.25) is 5.02 Å². The van der Waals surface area contributed by atoms with Crippen molar-refractivity contribution in [3.8, 4) is 22.5 Å². The summed E-state index contributed by atoms with van der Waals surface area (Å²) < 4.78 is 0. The molecule has 0 aliphatic carbocycles. The molecular formula is C48H51ClN6. The van der Waals surface area contributed by atoms with Gasteiger partial charge in [0.15, 0.2) is 0 Å². The van der Waals surface area contributed by atoms with Crippen LogP contribution in [-0.4, -0.2) is 74.1 Å². The fraction of sp³-hybridized carbons (Fsp3) is 0.208. The average Bonchev–Trinajstić information content (AvgIpc) is 3.21. The second kappa shape index (κ2) is 19.3. The van der Waals surface area contributed by atoms with Crippen molar-refractivity contribution in [3.63, 3.8) is 0 Å². The second-order valence-electron chi connectivity index (χ2n) is 14.2. The van der Waals surface area contributed by atoms with E-state index in [1.165, 1.54) is 26.9 Å². The van der Waals surface area contributed by atoms with Gasteiger partial charge in [0.25, 0.3) is 0 Å². The third-order valence-corrected chi connectivity index (χ3v) is 9.69. The van der Waals surface area contributed by atoms with E-state index >= 15 is 0 Å². The van der Waals surface area contributed by atoms with Gasteiger partial charge in [-0.05, 0) is 119 Å². The fourth-order valence-corrected chi connectivity index (χ4v) is 6.74. The summed E-state index contributed by atoms with van der Waals surface area (Å²) in [6.07, 6.45) is 2.21. The molecule has 0 bridgehead atoms. The van der Waals surface area contributed by atoms with Gasteiger partial charge in [-0.25, -0.2) is 9.97 Å². The Morgan fingerprint density at radius 3 is 1.55 bits per heavy atom. The lowest BCUT2D eigenvalue weighted by Crippen LogP contribution is -2.16. The highest BCUT2D eigenvalue weighted by atomic mass is 35.5. The molecule has 2 aromatic heterocycles. The van der Waals surface area contributed by atoms with Gasteiger partial charge in [-0.3, -0.25) is 0 Å². The van der Waals surface area contributed by atoms with Gasteiger partial charge in [-0.15, -0.1) is 0 Å². The number of hydrogen-bond donors (Lipinski definition) is 2. The maximum absolute atomic E-state index is 6.39. The van der Waals surface area contributed by atoms with Crippen molar-refractivity contribution >= 4 is 60.6 Å². The highest BCUT2D eigenvalue weighted by molar-refractivity contribution is 6.35. The van der Waals surface area contributed by atoms with Gasteiger partial charge in [0.05, 0.1) is 27.4 Å². The Bertz CT molecular complexity index is 2480. The zero-order valence-corrected chi connectivity index (χ0v) is 33.1. The van der Waals surface area contributed by atoms with E-state index in [9.17, 15) is 0 Å². The molecule has 0 aliphatic heterocycles. The summed E-state index contributed by atoms with van der Waals surface area (Å²) in [6.45, 7) is 3.94. The number of fused-ring (bicyclic) bond motifs is 4. The van der Waals surface area contributed by atoms with E-state index in [0.29, 0.717) is 0 Å². The van der Waals surface area contributed by atoms with E-state index in [4.69, 9.17) is 27.3 Å². The Kier molecular flexibility index (Phi) is 13.8. The monoisotopic (exact) mass is 746 g/mol. The number of nitrogens with zero attached hydrogens (tertiary/aromatic N) is 4. The molecule has 7 heteroatoms. The lowest BCUT2D eigenvalue weighted by atomic mass is 10.0. The molecule has 6 aromatic carbocycles. The molecule has 0 amide bonds. The lowest BCUT2D eigenvalue weighted by molar-refractivity contribution is 0.403. The minimum absolute atomic E-state index is 0.740. The minimum atomic E-state index is 0.740. The number of aromatic nitrogens is 2. The normalized spacial score (nSPS) is 11.1. The van der Waals surface area contributed by atoms with E-state index in [1.807, 2.05) is 42.5 Å². The Morgan fingerprint density at radius 2 is 1.00 bits per heavy atom. The van der Waals surface area contributed by atoms with Crippen LogP contribution in [0.15, 0.2) is 146 Å². The first kappa shape index (κ1) is 39.3. The molecular weight excluding hydrogens is 696 g/mol. The summed E-state index contributed by atoms with van der Waals surface area (Å²) in [6, 6.07) is 50.1. The van der Waals surface area contributed by atoms with Gasteiger partial charge in [0.2, 0.25) is 0 Å². The molecule has 0 saturated heterocycles. The zero-order valence-electron chi connectivity index (χ0n) is 32.3. The molecule has 8 aromatic rings. The number of benzene rings is 6. The second-order valence-corrected chi connectivity index (χ2v) is 14.6. The molecule has 55 heavy (non-hydrogen) atoms. The third kappa shape index (κ3) is 10.7.